The maximum atomic E-state index is 11.9. The number of hydrogen-bond donors (Lipinski definition) is 1. The number of carbonyl (C=O) groups is 1. The van der Waals surface area contributed by atoms with Crippen molar-refractivity contribution in [3.8, 4) is 0 Å². The van der Waals surface area contributed by atoms with Gasteiger partial charge in [0.25, 0.3) is 0 Å². The second-order valence-electron chi connectivity index (χ2n) is 6.73. The fourth-order valence-corrected chi connectivity index (χ4v) is 4.31. The number of aliphatic carboxylic acids is 1. The summed E-state index contributed by atoms with van der Waals surface area (Å²) in [4.78, 5) is 13.9. The first-order valence-electron chi connectivity index (χ1n) is 8.87. The maximum Gasteiger partial charge on any atom is 0.320 e. The van der Waals surface area contributed by atoms with Crippen molar-refractivity contribution in [1.29, 1.82) is 0 Å². The molecule has 3 aromatic carbocycles. The number of benzene rings is 3. The van der Waals surface area contributed by atoms with E-state index in [1.54, 1.807) is 0 Å². The number of carboxylic acids is 1. The van der Waals surface area contributed by atoms with Crippen LogP contribution in [0.1, 0.15) is 30.0 Å². The highest BCUT2D eigenvalue weighted by atomic mass is 35.5. The largest absolute Gasteiger partial charge is 0.480 e. The zero-order chi connectivity index (χ0) is 18.1. The van der Waals surface area contributed by atoms with E-state index in [9.17, 15) is 9.90 Å². The number of fused-ring (bicyclic) bond motifs is 1. The molecule has 1 aliphatic heterocycles. The number of rotatable bonds is 4. The van der Waals surface area contributed by atoms with Crippen molar-refractivity contribution in [3.63, 3.8) is 0 Å². The highest BCUT2D eigenvalue weighted by Gasteiger charge is 2.37. The quantitative estimate of drug-likeness (QED) is 0.696. The Labute approximate surface area is 157 Å². The molecule has 1 saturated heterocycles. The highest BCUT2D eigenvalue weighted by molar-refractivity contribution is 6.31. The van der Waals surface area contributed by atoms with Crippen LogP contribution in [-0.2, 0) is 4.79 Å². The third-order valence-electron chi connectivity index (χ3n) is 5.23. The summed E-state index contributed by atoms with van der Waals surface area (Å²) < 4.78 is 0. The van der Waals surface area contributed by atoms with E-state index in [1.807, 2.05) is 42.5 Å². The van der Waals surface area contributed by atoms with Crippen LogP contribution >= 0.6 is 11.6 Å². The minimum Gasteiger partial charge on any atom is -0.480 e. The zero-order valence-electron chi connectivity index (χ0n) is 14.3. The summed E-state index contributed by atoms with van der Waals surface area (Å²) >= 11 is 6.55. The Morgan fingerprint density at radius 3 is 2.50 bits per heavy atom. The Bertz CT molecular complexity index is 950. The van der Waals surface area contributed by atoms with Gasteiger partial charge in [0.15, 0.2) is 0 Å². The van der Waals surface area contributed by atoms with E-state index in [1.165, 1.54) is 0 Å². The SMILES string of the molecule is O=C(O)C1CCCN1C(c1ccccc1Cl)c1cccc2ccccc12. The summed E-state index contributed by atoms with van der Waals surface area (Å²) in [5.41, 5.74) is 2.06. The zero-order valence-corrected chi connectivity index (χ0v) is 15.1. The molecule has 1 fully saturated rings. The van der Waals surface area contributed by atoms with Gasteiger partial charge < -0.3 is 5.11 Å². The molecule has 0 radical (unpaired) electrons. The monoisotopic (exact) mass is 365 g/mol. The lowest BCUT2D eigenvalue weighted by Gasteiger charge is -2.33. The smallest absolute Gasteiger partial charge is 0.320 e. The Balaban J connectivity index is 1.94. The highest BCUT2D eigenvalue weighted by Crippen LogP contribution is 2.40. The minimum absolute atomic E-state index is 0.182. The van der Waals surface area contributed by atoms with E-state index in [0.717, 1.165) is 34.9 Å². The molecular formula is C22H20ClNO2. The fraction of sp³-hybridized carbons (Fsp3) is 0.227. The van der Waals surface area contributed by atoms with Gasteiger partial charge in [-0.2, -0.15) is 0 Å². The topological polar surface area (TPSA) is 40.5 Å². The number of likely N-dealkylation sites (tertiary alicyclic amines) is 1. The van der Waals surface area contributed by atoms with E-state index in [2.05, 4.69) is 29.2 Å². The Kier molecular flexibility index (Phi) is 4.66. The Hall–Kier alpha value is -2.36. The van der Waals surface area contributed by atoms with Crippen LogP contribution in [0.25, 0.3) is 10.8 Å². The number of nitrogens with zero attached hydrogens (tertiary/aromatic N) is 1. The van der Waals surface area contributed by atoms with Crippen LogP contribution in [0.15, 0.2) is 66.7 Å². The molecule has 1 heterocycles. The molecule has 3 aromatic rings. The lowest BCUT2D eigenvalue weighted by atomic mass is 9.92. The second-order valence-corrected chi connectivity index (χ2v) is 7.13. The molecule has 26 heavy (non-hydrogen) atoms. The van der Waals surface area contributed by atoms with Crippen molar-refractivity contribution >= 4 is 28.3 Å². The molecule has 2 unspecified atom stereocenters. The average Bonchev–Trinajstić information content (AvgIpc) is 3.13. The van der Waals surface area contributed by atoms with Crippen LogP contribution in [-0.4, -0.2) is 28.6 Å². The van der Waals surface area contributed by atoms with E-state index >= 15 is 0 Å². The van der Waals surface area contributed by atoms with Gasteiger partial charge in [0.2, 0.25) is 0 Å². The molecular weight excluding hydrogens is 346 g/mol. The molecule has 132 valence electrons. The third kappa shape index (κ3) is 2.98. The fourth-order valence-electron chi connectivity index (χ4n) is 4.07. The number of hydrogen-bond acceptors (Lipinski definition) is 2. The molecule has 1 aliphatic rings. The van der Waals surface area contributed by atoms with E-state index in [-0.39, 0.29) is 6.04 Å². The number of carboxylic acid groups (broad SMARTS) is 1. The lowest BCUT2D eigenvalue weighted by Crippen LogP contribution is -2.39. The molecule has 4 rings (SSSR count). The van der Waals surface area contributed by atoms with Crippen LogP contribution in [0.2, 0.25) is 5.02 Å². The first-order chi connectivity index (χ1) is 12.7. The summed E-state index contributed by atoms with van der Waals surface area (Å²) in [6.45, 7) is 0.746. The standard InChI is InChI=1S/C22H20ClNO2/c23-19-12-4-3-10-18(19)21(24-14-6-13-20(24)22(25)26)17-11-5-8-15-7-1-2-9-16(15)17/h1-5,7-12,20-21H,6,13-14H2,(H,25,26). The molecule has 3 nitrogen and oxygen atoms in total. The predicted octanol–water partition coefficient (Wildman–Crippen LogP) is 5.13. The van der Waals surface area contributed by atoms with Gasteiger partial charge >= 0.3 is 5.97 Å². The molecule has 4 heteroatoms. The molecule has 0 spiro atoms. The molecule has 0 amide bonds. The third-order valence-corrected chi connectivity index (χ3v) is 5.57. The van der Waals surface area contributed by atoms with Gasteiger partial charge in [0.05, 0.1) is 6.04 Å². The first kappa shape index (κ1) is 17.1. The van der Waals surface area contributed by atoms with Gasteiger partial charge in [-0.25, -0.2) is 0 Å². The van der Waals surface area contributed by atoms with E-state index < -0.39 is 12.0 Å². The van der Waals surface area contributed by atoms with Crippen LogP contribution in [0.4, 0.5) is 0 Å². The van der Waals surface area contributed by atoms with E-state index in [0.29, 0.717) is 11.4 Å². The van der Waals surface area contributed by atoms with Gasteiger partial charge in [-0.15, -0.1) is 0 Å². The normalized spacial score (nSPS) is 18.9. The van der Waals surface area contributed by atoms with Crippen LogP contribution in [0.3, 0.4) is 0 Å². The summed E-state index contributed by atoms with van der Waals surface area (Å²) in [6.07, 6.45) is 1.55. The van der Waals surface area contributed by atoms with Gasteiger partial charge in [0.1, 0.15) is 6.04 Å². The summed E-state index contributed by atoms with van der Waals surface area (Å²) in [5.74, 6) is -0.764. The Morgan fingerprint density at radius 2 is 1.69 bits per heavy atom. The van der Waals surface area contributed by atoms with Crippen molar-refractivity contribution in [1.82, 2.24) is 4.90 Å². The summed E-state index contributed by atoms with van der Waals surface area (Å²) in [6, 6.07) is 21.5. The molecule has 0 bridgehead atoms. The van der Waals surface area contributed by atoms with Gasteiger partial charge in [0, 0.05) is 11.6 Å². The molecule has 0 aromatic heterocycles. The predicted molar refractivity (Wildman–Crippen MR) is 105 cm³/mol. The summed E-state index contributed by atoms with van der Waals surface area (Å²) in [5, 5.41) is 12.7. The van der Waals surface area contributed by atoms with Crippen molar-refractivity contribution < 1.29 is 9.90 Å². The van der Waals surface area contributed by atoms with E-state index in [4.69, 9.17) is 11.6 Å². The molecule has 1 N–H and O–H groups in total. The van der Waals surface area contributed by atoms with Crippen LogP contribution < -0.4 is 0 Å². The van der Waals surface area contributed by atoms with Crippen molar-refractivity contribution in [2.24, 2.45) is 0 Å². The van der Waals surface area contributed by atoms with Crippen molar-refractivity contribution in [2.75, 3.05) is 6.54 Å². The maximum absolute atomic E-state index is 11.9. The van der Waals surface area contributed by atoms with Gasteiger partial charge in [-0.05, 0) is 40.8 Å². The number of halogens is 1. The van der Waals surface area contributed by atoms with Gasteiger partial charge in [-0.1, -0.05) is 72.3 Å². The van der Waals surface area contributed by atoms with Crippen molar-refractivity contribution in [2.45, 2.75) is 24.9 Å². The second kappa shape index (κ2) is 7.10. The molecule has 0 saturated carbocycles. The average molecular weight is 366 g/mol. The van der Waals surface area contributed by atoms with Crippen LogP contribution in [0.5, 0.6) is 0 Å². The minimum atomic E-state index is -0.764. The molecule has 2 atom stereocenters. The summed E-state index contributed by atoms with van der Waals surface area (Å²) in [7, 11) is 0. The lowest BCUT2D eigenvalue weighted by molar-refractivity contribution is -0.142. The Morgan fingerprint density at radius 1 is 1.00 bits per heavy atom. The first-order valence-corrected chi connectivity index (χ1v) is 9.25. The van der Waals surface area contributed by atoms with Gasteiger partial charge in [-0.3, -0.25) is 9.69 Å². The molecule has 0 aliphatic carbocycles. The van der Waals surface area contributed by atoms with Crippen LogP contribution in [0, 0.1) is 0 Å². The van der Waals surface area contributed by atoms with Crippen molar-refractivity contribution in [3.05, 3.63) is 82.9 Å².